The van der Waals surface area contributed by atoms with Gasteiger partial charge in [-0.25, -0.2) is 4.79 Å². The van der Waals surface area contributed by atoms with Crippen LogP contribution in [0.4, 0.5) is 0 Å². The summed E-state index contributed by atoms with van der Waals surface area (Å²) in [6.45, 7) is 4.49. The van der Waals surface area contributed by atoms with Crippen LogP contribution in [-0.2, 0) is 0 Å². The van der Waals surface area contributed by atoms with Crippen molar-refractivity contribution in [1.82, 2.24) is 0 Å². The summed E-state index contributed by atoms with van der Waals surface area (Å²) in [5.41, 5.74) is 0.772. The number of ether oxygens (including phenoxy) is 1. The van der Waals surface area contributed by atoms with E-state index >= 15 is 0 Å². The Morgan fingerprint density at radius 2 is 2.17 bits per heavy atom. The van der Waals surface area contributed by atoms with Gasteiger partial charge in [-0.2, -0.15) is 5.26 Å². The van der Waals surface area contributed by atoms with Crippen molar-refractivity contribution in [3.05, 3.63) is 39.7 Å². The molecule has 92 valence electrons. The third-order valence-corrected chi connectivity index (χ3v) is 2.52. The molecule has 4 heteroatoms. The van der Waals surface area contributed by atoms with E-state index in [4.69, 9.17) is 14.4 Å². The number of aryl methyl sites for hydroxylation is 1. The molecule has 2 aromatic rings. The molecule has 18 heavy (non-hydrogen) atoms. The van der Waals surface area contributed by atoms with Gasteiger partial charge in [0, 0.05) is 5.39 Å². The van der Waals surface area contributed by atoms with Crippen LogP contribution in [0.5, 0.6) is 5.75 Å². The standard InChI is InChI=1S/C14H13NO3/c1-3-4-17-12-6-9(2)5-10-7-11(8-15)14(16)18-13(10)12/h5-7H,3-4H2,1-2H3. The summed E-state index contributed by atoms with van der Waals surface area (Å²) in [6, 6.07) is 7.04. The summed E-state index contributed by atoms with van der Waals surface area (Å²) < 4.78 is 10.7. The lowest BCUT2D eigenvalue weighted by molar-refractivity contribution is 0.315. The van der Waals surface area contributed by atoms with E-state index in [-0.39, 0.29) is 5.56 Å². The Morgan fingerprint density at radius 3 is 2.83 bits per heavy atom. The molecule has 0 fully saturated rings. The van der Waals surface area contributed by atoms with E-state index in [1.807, 2.05) is 32.0 Å². The Bertz CT molecular complexity index is 680. The molecule has 4 nitrogen and oxygen atoms in total. The number of hydrogen-bond acceptors (Lipinski definition) is 4. The summed E-state index contributed by atoms with van der Waals surface area (Å²) in [5.74, 6) is 0.549. The minimum absolute atomic E-state index is 0.00883. The monoisotopic (exact) mass is 243 g/mol. The highest BCUT2D eigenvalue weighted by Crippen LogP contribution is 2.27. The van der Waals surface area contributed by atoms with Crippen LogP contribution in [0.3, 0.4) is 0 Å². The Labute approximate surface area is 104 Å². The van der Waals surface area contributed by atoms with Crippen LogP contribution < -0.4 is 10.4 Å². The average molecular weight is 243 g/mol. The van der Waals surface area contributed by atoms with Crippen LogP contribution in [0, 0.1) is 18.3 Å². The van der Waals surface area contributed by atoms with Gasteiger partial charge in [0.25, 0.3) is 0 Å². The molecule has 0 spiro atoms. The minimum Gasteiger partial charge on any atom is -0.490 e. The average Bonchev–Trinajstić information content (AvgIpc) is 2.35. The SMILES string of the molecule is CCCOc1cc(C)cc2cc(C#N)c(=O)oc12. The number of hydrogen-bond donors (Lipinski definition) is 0. The summed E-state index contributed by atoms with van der Waals surface area (Å²) in [7, 11) is 0. The largest absolute Gasteiger partial charge is 0.490 e. The molecular weight excluding hydrogens is 230 g/mol. The lowest BCUT2D eigenvalue weighted by Gasteiger charge is -2.08. The Morgan fingerprint density at radius 1 is 1.39 bits per heavy atom. The second-order valence-corrected chi connectivity index (χ2v) is 4.09. The maximum absolute atomic E-state index is 11.5. The number of fused-ring (bicyclic) bond motifs is 1. The van der Waals surface area contributed by atoms with Crippen molar-refractivity contribution in [3.63, 3.8) is 0 Å². The molecule has 0 aliphatic heterocycles. The molecular formula is C14H13NO3. The fourth-order valence-electron chi connectivity index (χ4n) is 1.74. The molecule has 0 atom stereocenters. The van der Waals surface area contributed by atoms with Crippen molar-refractivity contribution < 1.29 is 9.15 Å². The van der Waals surface area contributed by atoms with E-state index in [1.54, 1.807) is 0 Å². The van der Waals surface area contributed by atoms with E-state index in [0.717, 1.165) is 12.0 Å². The quantitative estimate of drug-likeness (QED) is 0.777. The van der Waals surface area contributed by atoms with Gasteiger partial charge in [-0.15, -0.1) is 0 Å². The van der Waals surface area contributed by atoms with Crippen molar-refractivity contribution in [1.29, 1.82) is 5.26 Å². The van der Waals surface area contributed by atoms with Crippen molar-refractivity contribution in [2.75, 3.05) is 6.61 Å². The van der Waals surface area contributed by atoms with Gasteiger partial charge in [-0.3, -0.25) is 0 Å². The van der Waals surface area contributed by atoms with E-state index in [0.29, 0.717) is 23.3 Å². The van der Waals surface area contributed by atoms with Gasteiger partial charge in [0.05, 0.1) is 6.61 Å². The molecule has 0 unspecified atom stereocenters. The summed E-state index contributed by atoms with van der Waals surface area (Å²) >= 11 is 0. The molecule has 1 heterocycles. The topological polar surface area (TPSA) is 63.2 Å². The summed E-state index contributed by atoms with van der Waals surface area (Å²) in [6.07, 6.45) is 0.871. The molecule has 0 N–H and O–H groups in total. The molecule has 0 saturated carbocycles. The maximum atomic E-state index is 11.5. The highest BCUT2D eigenvalue weighted by molar-refractivity contribution is 5.84. The van der Waals surface area contributed by atoms with E-state index < -0.39 is 5.63 Å². The lowest BCUT2D eigenvalue weighted by Crippen LogP contribution is -2.05. The normalized spacial score (nSPS) is 10.3. The van der Waals surface area contributed by atoms with Gasteiger partial charge in [0.15, 0.2) is 11.3 Å². The maximum Gasteiger partial charge on any atom is 0.354 e. The van der Waals surface area contributed by atoms with Gasteiger partial charge >= 0.3 is 5.63 Å². The number of rotatable bonds is 3. The first-order valence-electron chi connectivity index (χ1n) is 5.77. The van der Waals surface area contributed by atoms with Gasteiger partial charge < -0.3 is 9.15 Å². The molecule has 0 amide bonds. The molecule has 2 rings (SSSR count). The third kappa shape index (κ3) is 2.21. The molecule has 0 radical (unpaired) electrons. The van der Waals surface area contributed by atoms with Crippen molar-refractivity contribution in [2.24, 2.45) is 0 Å². The first-order chi connectivity index (χ1) is 8.65. The van der Waals surface area contributed by atoms with Gasteiger partial charge in [-0.1, -0.05) is 6.92 Å². The fourth-order valence-corrected chi connectivity index (χ4v) is 1.74. The Hall–Kier alpha value is -2.28. The first kappa shape index (κ1) is 12.2. The Kier molecular flexibility index (Phi) is 3.33. The van der Waals surface area contributed by atoms with E-state index in [9.17, 15) is 4.79 Å². The predicted octanol–water partition coefficient (Wildman–Crippen LogP) is 2.76. The van der Waals surface area contributed by atoms with Crippen LogP contribution in [0.15, 0.2) is 27.4 Å². The molecule has 0 saturated heterocycles. The number of benzene rings is 1. The molecule has 0 bridgehead atoms. The lowest BCUT2D eigenvalue weighted by atomic mass is 10.1. The van der Waals surface area contributed by atoms with Crippen molar-refractivity contribution in [2.45, 2.75) is 20.3 Å². The highest BCUT2D eigenvalue weighted by atomic mass is 16.5. The Balaban J connectivity index is 2.68. The molecule has 0 aliphatic rings. The molecule has 1 aromatic heterocycles. The third-order valence-electron chi connectivity index (χ3n) is 2.52. The van der Waals surface area contributed by atoms with Crippen LogP contribution in [-0.4, -0.2) is 6.61 Å². The smallest absolute Gasteiger partial charge is 0.354 e. The van der Waals surface area contributed by atoms with Crippen molar-refractivity contribution in [3.8, 4) is 11.8 Å². The first-order valence-corrected chi connectivity index (χ1v) is 5.77. The zero-order chi connectivity index (χ0) is 13.1. The minimum atomic E-state index is -0.629. The number of nitriles is 1. The zero-order valence-corrected chi connectivity index (χ0v) is 10.3. The highest BCUT2D eigenvalue weighted by Gasteiger charge is 2.10. The zero-order valence-electron chi connectivity index (χ0n) is 10.3. The van der Waals surface area contributed by atoms with Crippen LogP contribution in [0.1, 0.15) is 24.5 Å². The van der Waals surface area contributed by atoms with Crippen molar-refractivity contribution >= 4 is 11.0 Å². The second kappa shape index (κ2) is 4.92. The van der Waals surface area contributed by atoms with Gasteiger partial charge in [-0.05, 0) is 37.1 Å². The van der Waals surface area contributed by atoms with Crippen LogP contribution in [0.2, 0.25) is 0 Å². The van der Waals surface area contributed by atoms with E-state index in [2.05, 4.69) is 0 Å². The molecule has 0 aliphatic carbocycles. The summed E-state index contributed by atoms with van der Waals surface area (Å²) in [4.78, 5) is 11.5. The second-order valence-electron chi connectivity index (χ2n) is 4.09. The van der Waals surface area contributed by atoms with Gasteiger partial charge in [0.2, 0.25) is 0 Å². The summed E-state index contributed by atoms with van der Waals surface area (Å²) in [5, 5.41) is 9.52. The van der Waals surface area contributed by atoms with Crippen LogP contribution >= 0.6 is 0 Å². The molecule has 1 aromatic carbocycles. The van der Waals surface area contributed by atoms with E-state index in [1.165, 1.54) is 6.07 Å². The predicted molar refractivity (Wildman–Crippen MR) is 67.7 cm³/mol. The van der Waals surface area contributed by atoms with Crippen LogP contribution in [0.25, 0.3) is 11.0 Å². The fraction of sp³-hybridized carbons (Fsp3) is 0.286. The number of nitrogens with zero attached hydrogens (tertiary/aromatic N) is 1. The van der Waals surface area contributed by atoms with Gasteiger partial charge in [0.1, 0.15) is 11.6 Å².